The van der Waals surface area contributed by atoms with Crippen molar-refractivity contribution in [3.63, 3.8) is 0 Å². The molecule has 9 nitrogen and oxygen atoms in total. The molecule has 1 fully saturated rings. The number of hydrogen-bond acceptors (Lipinski definition) is 7. The Hall–Kier alpha value is -2.78. The summed E-state index contributed by atoms with van der Waals surface area (Å²) < 4.78 is 5.38. The minimum absolute atomic E-state index is 0.379. The summed E-state index contributed by atoms with van der Waals surface area (Å²) in [4.78, 5) is 31.4. The van der Waals surface area contributed by atoms with Gasteiger partial charge in [0.2, 0.25) is 17.6 Å². The number of rotatable bonds is 5. The number of urea groups is 1. The van der Waals surface area contributed by atoms with E-state index in [-0.39, 0.29) is 5.91 Å². The maximum absolute atomic E-state index is 11.9. The molecule has 1 aliphatic heterocycles. The molecule has 1 atom stereocenters. The second kappa shape index (κ2) is 8.28. The van der Waals surface area contributed by atoms with Crippen molar-refractivity contribution in [2.75, 3.05) is 26.2 Å². The topological polar surface area (TPSA) is 118 Å². The minimum atomic E-state index is -0.828. The first kappa shape index (κ1) is 19.0. The van der Waals surface area contributed by atoms with Gasteiger partial charge < -0.3 is 10.3 Å². The first-order valence-electron chi connectivity index (χ1n) is 8.88. The van der Waals surface area contributed by atoms with Crippen molar-refractivity contribution >= 4 is 11.9 Å². The van der Waals surface area contributed by atoms with E-state index in [9.17, 15) is 9.59 Å². The molecule has 1 aromatic carbocycles. The number of piperazine rings is 1. The van der Waals surface area contributed by atoms with Gasteiger partial charge in [0.15, 0.2) is 0 Å². The summed E-state index contributed by atoms with van der Waals surface area (Å²) >= 11 is 0. The van der Waals surface area contributed by atoms with E-state index in [4.69, 9.17) is 10.3 Å². The number of carbonyl (C=O) groups excluding carboxylic acids is 2. The van der Waals surface area contributed by atoms with Crippen LogP contribution in [0.2, 0.25) is 0 Å². The van der Waals surface area contributed by atoms with Crippen molar-refractivity contribution in [2.24, 2.45) is 5.73 Å². The normalized spacial score (nSPS) is 16.8. The summed E-state index contributed by atoms with van der Waals surface area (Å²) in [6, 6.07) is 6.74. The Balaban J connectivity index is 1.51. The lowest BCUT2D eigenvalue weighted by molar-refractivity contribution is -0.125. The molecule has 1 aromatic heterocycles. The summed E-state index contributed by atoms with van der Waals surface area (Å²) in [7, 11) is 0. The Morgan fingerprint density at radius 2 is 1.89 bits per heavy atom. The number of aryl methyl sites for hydroxylation is 1. The maximum atomic E-state index is 11.9. The van der Waals surface area contributed by atoms with Crippen LogP contribution in [0.1, 0.15) is 18.4 Å². The molecule has 2 aromatic rings. The van der Waals surface area contributed by atoms with Crippen LogP contribution in [0.4, 0.5) is 4.79 Å². The summed E-state index contributed by atoms with van der Waals surface area (Å²) in [5, 5.41) is 6.18. The van der Waals surface area contributed by atoms with E-state index in [1.807, 2.05) is 36.1 Å². The van der Waals surface area contributed by atoms with Crippen LogP contribution in [0.3, 0.4) is 0 Å². The van der Waals surface area contributed by atoms with Crippen LogP contribution >= 0.6 is 0 Å². The van der Waals surface area contributed by atoms with E-state index in [2.05, 4.69) is 20.4 Å². The molecule has 0 saturated carbocycles. The Labute approximate surface area is 157 Å². The van der Waals surface area contributed by atoms with Gasteiger partial charge in [-0.3, -0.25) is 19.9 Å². The molecule has 3 amide bonds. The standard InChI is InChI=1S/C18H24N6O3/c1-12-3-5-14(6-4-12)16-20-15(27-22-16)11-23-7-9-24(10-8-23)13(2)17(25)21-18(19)26/h3-6,13H,7-11H2,1-2H3,(H3,19,21,25,26). The largest absolute Gasteiger partial charge is 0.351 e. The highest BCUT2D eigenvalue weighted by Crippen LogP contribution is 2.17. The number of hydrogen-bond donors (Lipinski definition) is 2. The molecule has 27 heavy (non-hydrogen) atoms. The molecule has 3 N–H and O–H groups in total. The number of nitrogens with one attached hydrogen (secondary N) is 1. The van der Waals surface area contributed by atoms with Crippen molar-refractivity contribution in [3.05, 3.63) is 35.7 Å². The van der Waals surface area contributed by atoms with Gasteiger partial charge in [-0.2, -0.15) is 4.98 Å². The molecule has 1 unspecified atom stereocenters. The molecule has 2 heterocycles. The predicted molar refractivity (Wildman–Crippen MR) is 98.5 cm³/mol. The van der Waals surface area contributed by atoms with Gasteiger partial charge in [-0.15, -0.1) is 0 Å². The van der Waals surface area contributed by atoms with E-state index in [1.165, 1.54) is 5.56 Å². The van der Waals surface area contributed by atoms with Crippen molar-refractivity contribution in [3.8, 4) is 11.4 Å². The molecule has 9 heteroatoms. The SMILES string of the molecule is Cc1ccc(-c2noc(CN3CCN(C(C)C(=O)NC(N)=O)CC3)n2)cc1. The van der Waals surface area contributed by atoms with Crippen LogP contribution in [0, 0.1) is 6.92 Å². The average molecular weight is 372 g/mol. The number of nitrogens with two attached hydrogens (primary N) is 1. The number of carbonyl (C=O) groups is 2. The van der Waals surface area contributed by atoms with Crippen molar-refractivity contribution in [1.29, 1.82) is 0 Å². The van der Waals surface area contributed by atoms with Crippen LogP contribution in [0.15, 0.2) is 28.8 Å². The van der Waals surface area contributed by atoms with Gasteiger partial charge >= 0.3 is 6.03 Å². The second-order valence-corrected chi connectivity index (χ2v) is 6.72. The number of nitrogens with zero attached hydrogens (tertiary/aromatic N) is 4. The molecule has 0 bridgehead atoms. The highest BCUT2D eigenvalue weighted by molar-refractivity contribution is 5.96. The van der Waals surface area contributed by atoms with Crippen LogP contribution in [0.25, 0.3) is 11.4 Å². The van der Waals surface area contributed by atoms with Crippen LogP contribution in [0.5, 0.6) is 0 Å². The lowest BCUT2D eigenvalue weighted by atomic mass is 10.1. The van der Waals surface area contributed by atoms with E-state index in [1.54, 1.807) is 6.92 Å². The van der Waals surface area contributed by atoms with Gasteiger partial charge in [-0.05, 0) is 13.8 Å². The smallest absolute Gasteiger partial charge is 0.318 e. The third-order valence-corrected chi connectivity index (χ3v) is 4.72. The first-order chi connectivity index (χ1) is 12.9. The van der Waals surface area contributed by atoms with E-state index >= 15 is 0 Å². The molecular weight excluding hydrogens is 348 g/mol. The molecule has 0 spiro atoms. The van der Waals surface area contributed by atoms with Gasteiger partial charge in [0, 0.05) is 31.7 Å². The number of imide groups is 1. The van der Waals surface area contributed by atoms with Gasteiger partial charge in [0.05, 0.1) is 12.6 Å². The van der Waals surface area contributed by atoms with E-state index in [0.717, 1.165) is 18.7 Å². The summed E-state index contributed by atoms with van der Waals surface area (Å²) in [5.74, 6) is 0.773. The fourth-order valence-corrected chi connectivity index (χ4v) is 3.03. The fraction of sp³-hybridized carbons (Fsp3) is 0.444. The number of primary amides is 1. The lowest BCUT2D eigenvalue weighted by Crippen LogP contribution is -2.54. The van der Waals surface area contributed by atoms with Crippen molar-refractivity contribution < 1.29 is 14.1 Å². The highest BCUT2D eigenvalue weighted by Gasteiger charge is 2.26. The zero-order chi connectivity index (χ0) is 19.4. The monoisotopic (exact) mass is 372 g/mol. The third-order valence-electron chi connectivity index (χ3n) is 4.72. The highest BCUT2D eigenvalue weighted by atomic mass is 16.5. The molecule has 0 aliphatic carbocycles. The second-order valence-electron chi connectivity index (χ2n) is 6.72. The Kier molecular flexibility index (Phi) is 5.82. The maximum Gasteiger partial charge on any atom is 0.318 e. The predicted octanol–water partition coefficient (Wildman–Crippen LogP) is 0.746. The zero-order valence-corrected chi connectivity index (χ0v) is 15.5. The van der Waals surface area contributed by atoms with Crippen molar-refractivity contribution in [2.45, 2.75) is 26.4 Å². The molecule has 144 valence electrons. The van der Waals surface area contributed by atoms with Crippen LogP contribution < -0.4 is 11.1 Å². The Bertz CT molecular complexity index is 796. The average Bonchev–Trinajstić information content (AvgIpc) is 3.10. The third kappa shape index (κ3) is 4.89. The van der Waals surface area contributed by atoms with Gasteiger partial charge in [0.25, 0.3) is 0 Å². The van der Waals surface area contributed by atoms with Crippen molar-refractivity contribution in [1.82, 2.24) is 25.3 Å². The number of aromatic nitrogens is 2. The van der Waals surface area contributed by atoms with Crippen LogP contribution in [-0.2, 0) is 11.3 Å². The summed E-state index contributed by atoms with van der Waals surface area (Å²) in [6.07, 6.45) is 0. The van der Waals surface area contributed by atoms with Gasteiger partial charge in [0.1, 0.15) is 0 Å². The zero-order valence-electron chi connectivity index (χ0n) is 15.5. The fourth-order valence-electron chi connectivity index (χ4n) is 3.03. The summed E-state index contributed by atoms with van der Waals surface area (Å²) in [6.45, 7) is 7.28. The quantitative estimate of drug-likeness (QED) is 0.795. The molecular formula is C18H24N6O3. The number of benzene rings is 1. The number of amides is 3. The summed E-state index contributed by atoms with van der Waals surface area (Å²) in [5.41, 5.74) is 7.10. The molecule has 0 radical (unpaired) electrons. The molecule has 3 rings (SSSR count). The first-order valence-corrected chi connectivity index (χ1v) is 8.88. The molecule has 1 aliphatic rings. The lowest BCUT2D eigenvalue weighted by Gasteiger charge is -2.36. The van der Waals surface area contributed by atoms with E-state index < -0.39 is 12.1 Å². The molecule has 1 saturated heterocycles. The van der Waals surface area contributed by atoms with Gasteiger partial charge in [-0.1, -0.05) is 35.0 Å². The minimum Gasteiger partial charge on any atom is -0.351 e. The van der Waals surface area contributed by atoms with Gasteiger partial charge in [-0.25, -0.2) is 4.79 Å². The van der Waals surface area contributed by atoms with Crippen LogP contribution in [-0.4, -0.2) is 64.1 Å². The van der Waals surface area contributed by atoms with E-state index in [0.29, 0.717) is 31.3 Å². The Morgan fingerprint density at radius 1 is 1.22 bits per heavy atom. The Morgan fingerprint density at radius 3 is 2.52 bits per heavy atom.